The van der Waals surface area contributed by atoms with Crippen LogP contribution in [0.15, 0.2) is 48.7 Å². The fraction of sp³-hybridized carbons (Fsp3) is 0.0714. The summed E-state index contributed by atoms with van der Waals surface area (Å²) in [4.78, 5) is 4.52. The first-order valence-electron chi connectivity index (χ1n) is 5.45. The molecule has 0 aliphatic rings. The van der Waals surface area contributed by atoms with Crippen LogP contribution in [0.25, 0.3) is 16.9 Å². The average Bonchev–Trinajstić information content (AvgIpc) is 2.68. The number of rotatable bonds is 1. The highest BCUT2D eigenvalue weighted by Crippen LogP contribution is 2.24. The van der Waals surface area contributed by atoms with Crippen LogP contribution in [-0.2, 0) is 0 Å². The molecular formula is C14H11FN2. The number of hydrogen-bond acceptors (Lipinski definition) is 1. The van der Waals surface area contributed by atoms with Crippen molar-refractivity contribution < 1.29 is 4.39 Å². The van der Waals surface area contributed by atoms with Gasteiger partial charge in [0.05, 0.1) is 5.69 Å². The Balaban J connectivity index is 2.27. The van der Waals surface area contributed by atoms with Gasteiger partial charge in [-0.15, -0.1) is 0 Å². The molecule has 0 amide bonds. The number of fused-ring (bicyclic) bond motifs is 1. The molecule has 3 heteroatoms. The number of aromatic nitrogens is 2. The van der Waals surface area contributed by atoms with Crippen molar-refractivity contribution in [3.8, 4) is 11.3 Å². The zero-order valence-electron chi connectivity index (χ0n) is 9.39. The van der Waals surface area contributed by atoms with E-state index in [1.165, 1.54) is 12.1 Å². The van der Waals surface area contributed by atoms with Crippen LogP contribution in [0.1, 0.15) is 5.69 Å². The van der Waals surface area contributed by atoms with E-state index in [1.54, 1.807) is 6.07 Å². The molecule has 1 aromatic carbocycles. The summed E-state index contributed by atoms with van der Waals surface area (Å²) in [6.45, 7) is 1.99. The summed E-state index contributed by atoms with van der Waals surface area (Å²) in [6.07, 6.45) is 1.96. The lowest BCUT2D eigenvalue weighted by atomic mass is 10.1. The highest BCUT2D eigenvalue weighted by Gasteiger charge is 2.09. The van der Waals surface area contributed by atoms with Gasteiger partial charge >= 0.3 is 0 Å². The van der Waals surface area contributed by atoms with Gasteiger partial charge < -0.3 is 4.40 Å². The highest BCUT2D eigenvalue weighted by atomic mass is 19.1. The molecule has 2 aromatic heterocycles. The maximum atomic E-state index is 13.2. The van der Waals surface area contributed by atoms with E-state index in [1.807, 2.05) is 41.8 Å². The molecule has 0 atom stereocenters. The molecular weight excluding hydrogens is 215 g/mol. The van der Waals surface area contributed by atoms with Crippen LogP contribution < -0.4 is 0 Å². The van der Waals surface area contributed by atoms with Crippen LogP contribution in [0.4, 0.5) is 4.39 Å². The Bertz CT molecular complexity index is 686. The van der Waals surface area contributed by atoms with Crippen LogP contribution in [0.5, 0.6) is 0 Å². The van der Waals surface area contributed by atoms with E-state index in [2.05, 4.69) is 4.98 Å². The monoisotopic (exact) mass is 226 g/mol. The quantitative estimate of drug-likeness (QED) is 0.621. The zero-order valence-corrected chi connectivity index (χ0v) is 9.39. The Morgan fingerprint density at radius 1 is 1.12 bits per heavy atom. The van der Waals surface area contributed by atoms with Gasteiger partial charge in [0.1, 0.15) is 11.5 Å². The minimum absolute atomic E-state index is 0.237. The van der Waals surface area contributed by atoms with Crippen molar-refractivity contribution in [3.63, 3.8) is 0 Å². The number of pyridine rings is 1. The van der Waals surface area contributed by atoms with Crippen molar-refractivity contribution in [2.45, 2.75) is 6.92 Å². The molecule has 0 aliphatic carbocycles. The number of hydrogen-bond donors (Lipinski definition) is 0. The van der Waals surface area contributed by atoms with Crippen LogP contribution >= 0.6 is 0 Å². The maximum Gasteiger partial charge on any atom is 0.137 e. The summed E-state index contributed by atoms with van der Waals surface area (Å²) in [5.74, 6) is -0.237. The first-order chi connectivity index (χ1) is 8.25. The predicted molar refractivity (Wildman–Crippen MR) is 65.3 cm³/mol. The van der Waals surface area contributed by atoms with Crippen LogP contribution in [0.2, 0.25) is 0 Å². The SMILES string of the molecule is Cc1c(-c2cccc(F)c2)nc2ccccn12. The summed E-state index contributed by atoms with van der Waals surface area (Å²) in [6, 6.07) is 12.4. The highest BCUT2D eigenvalue weighted by molar-refractivity contribution is 5.66. The number of aryl methyl sites for hydroxylation is 1. The largest absolute Gasteiger partial charge is 0.304 e. The van der Waals surface area contributed by atoms with E-state index < -0.39 is 0 Å². The lowest BCUT2D eigenvalue weighted by molar-refractivity contribution is 0.628. The minimum Gasteiger partial charge on any atom is -0.304 e. The third-order valence-corrected chi connectivity index (χ3v) is 2.87. The Hall–Kier alpha value is -2.16. The van der Waals surface area contributed by atoms with Crippen molar-refractivity contribution in [2.75, 3.05) is 0 Å². The van der Waals surface area contributed by atoms with Gasteiger partial charge in [0.2, 0.25) is 0 Å². The molecule has 0 unspecified atom stereocenters. The number of halogens is 1. The first kappa shape index (κ1) is 10.0. The minimum atomic E-state index is -0.237. The molecule has 0 fully saturated rings. The molecule has 0 saturated carbocycles. The number of imidazole rings is 1. The van der Waals surface area contributed by atoms with E-state index in [4.69, 9.17) is 0 Å². The Morgan fingerprint density at radius 2 is 2.00 bits per heavy atom. The predicted octanol–water partition coefficient (Wildman–Crippen LogP) is 3.45. The summed E-state index contributed by atoms with van der Waals surface area (Å²) in [7, 11) is 0. The summed E-state index contributed by atoms with van der Waals surface area (Å²) in [5.41, 5.74) is 3.54. The zero-order chi connectivity index (χ0) is 11.8. The van der Waals surface area contributed by atoms with E-state index in [9.17, 15) is 4.39 Å². The molecule has 0 radical (unpaired) electrons. The van der Waals surface area contributed by atoms with Gasteiger partial charge in [-0.2, -0.15) is 0 Å². The molecule has 3 aromatic rings. The fourth-order valence-corrected chi connectivity index (χ4v) is 2.03. The summed E-state index contributed by atoms with van der Waals surface area (Å²) in [5, 5.41) is 0. The molecule has 0 bridgehead atoms. The maximum absolute atomic E-state index is 13.2. The Labute approximate surface area is 98.4 Å². The first-order valence-corrected chi connectivity index (χ1v) is 5.45. The fourth-order valence-electron chi connectivity index (χ4n) is 2.03. The van der Waals surface area contributed by atoms with Crippen molar-refractivity contribution in [1.82, 2.24) is 9.38 Å². The molecule has 0 aliphatic heterocycles. The third-order valence-electron chi connectivity index (χ3n) is 2.87. The van der Waals surface area contributed by atoms with E-state index in [0.717, 1.165) is 22.6 Å². The van der Waals surface area contributed by atoms with Crippen LogP contribution in [-0.4, -0.2) is 9.38 Å². The van der Waals surface area contributed by atoms with Crippen LogP contribution in [0.3, 0.4) is 0 Å². The van der Waals surface area contributed by atoms with Gasteiger partial charge in [-0.05, 0) is 31.2 Å². The standard InChI is InChI=1S/C14H11FN2/c1-10-14(11-5-4-6-12(15)9-11)16-13-7-2-3-8-17(10)13/h2-9H,1H3. The van der Waals surface area contributed by atoms with Crippen molar-refractivity contribution in [1.29, 1.82) is 0 Å². The number of nitrogens with zero attached hydrogens (tertiary/aromatic N) is 2. The van der Waals surface area contributed by atoms with Gasteiger partial charge in [0.25, 0.3) is 0 Å². The molecule has 0 saturated heterocycles. The molecule has 0 spiro atoms. The van der Waals surface area contributed by atoms with Crippen molar-refractivity contribution >= 4 is 5.65 Å². The second kappa shape index (κ2) is 3.70. The van der Waals surface area contributed by atoms with Crippen molar-refractivity contribution in [3.05, 3.63) is 60.2 Å². The van der Waals surface area contributed by atoms with E-state index in [0.29, 0.717) is 0 Å². The average molecular weight is 226 g/mol. The lowest BCUT2D eigenvalue weighted by Crippen LogP contribution is -1.86. The van der Waals surface area contributed by atoms with E-state index >= 15 is 0 Å². The lowest BCUT2D eigenvalue weighted by Gasteiger charge is -1.99. The van der Waals surface area contributed by atoms with Gasteiger partial charge in [-0.3, -0.25) is 0 Å². The third kappa shape index (κ3) is 1.60. The molecule has 2 heterocycles. The second-order valence-electron chi connectivity index (χ2n) is 3.99. The summed E-state index contributed by atoms with van der Waals surface area (Å²) >= 11 is 0. The van der Waals surface area contributed by atoms with Crippen LogP contribution in [0, 0.1) is 12.7 Å². The number of benzene rings is 1. The van der Waals surface area contributed by atoms with Gasteiger partial charge in [0.15, 0.2) is 0 Å². The molecule has 2 nitrogen and oxygen atoms in total. The summed E-state index contributed by atoms with van der Waals surface area (Å²) < 4.78 is 15.2. The Morgan fingerprint density at radius 3 is 2.76 bits per heavy atom. The van der Waals surface area contributed by atoms with Gasteiger partial charge in [0, 0.05) is 17.5 Å². The molecule has 17 heavy (non-hydrogen) atoms. The second-order valence-corrected chi connectivity index (χ2v) is 3.99. The molecule has 84 valence electrons. The molecule has 3 rings (SSSR count). The molecule has 0 N–H and O–H groups in total. The topological polar surface area (TPSA) is 17.3 Å². The van der Waals surface area contributed by atoms with E-state index in [-0.39, 0.29) is 5.82 Å². The van der Waals surface area contributed by atoms with Gasteiger partial charge in [-0.25, -0.2) is 9.37 Å². The van der Waals surface area contributed by atoms with Crippen molar-refractivity contribution in [2.24, 2.45) is 0 Å². The normalized spacial score (nSPS) is 10.9. The Kier molecular flexibility index (Phi) is 2.18. The smallest absolute Gasteiger partial charge is 0.137 e. The van der Waals surface area contributed by atoms with Gasteiger partial charge in [-0.1, -0.05) is 18.2 Å².